The van der Waals surface area contributed by atoms with E-state index in [9.17, 15) is 18.7 Å². The maximum absolute atomic E-state index is 14.1. The van der Waals surface area contributed by atoms with E-state index in [1.165, 1.54) is 35.8 Å². The van der Waals surface area contributed by atoms with Crippen LogP contribution in [-0.4, -0.2) is 21.5 Å². The zero-order valence-corrected chi connectivity index (χ0v) is 16.4. The Morgan fingerprint density at radius 3 is 2.50 bits per heavy atom. The third-order valence-corrected chi connectivity index (χ3v) is 4.48. The lowest BCUT2D eigenvalue weighted by atomic mass is 10.1. The highest BCUT2D eigenvalue weighted by atomic mass is 19.3. The van der Waals surface area contributed by atoms with Crippen molar-refractivity contribution < 1.29 is 18.7 Å². The quantitative estimate of drug-likeness (QED) is 0.734. The lowest BCUT2D eigenvalue weighted by Gasteiger charge is -2.14. The Morgan fingerprint density at radius 2 is 2.00 bits per heavy atom. The molecule has 1 aromatic carbocycles. The van der Waals surface area contributed by atoms with Crippen LogP contribution in [0.5, 0.6) is 5.75 Å². The molecule has 5 nitrogen and oxygen atoms in total. The molecule has 0 saturated heterocycles. The molecular weight excluding hydrogens is 364 g/mol. The van der Waals surface area contributed by atoms with E-state index in [2.05, 4.69) is 0 Å². The molecule has 0 radical (unpaired) electrons. The minimum absolute atomic E-state index is 0.0200. The first kappa shape index (κ1) is 21.2. The molecule has 0 spiro atoms. The Kier molecular flexibility index (Phi) is 5.97. The summed E-state index contributed by atoms with van der Waals surface area (Å²) >= 11 is 0. The third kappa shape index (κ3) is 3.93. The smallest absolute Gasteiger partial charge is 0.270 e. The highest BCUT2D eigenvalue weighted by Gasteiger charge is 2.26. The van der Waals surface area contributed by atoms with Crippen LogP contribution in [0.2, 0.25) is 0 Å². The number of nitrogens with two attached hydrogens (primary N) is 2. The monoisotopic (exact) mass is 389 g/mol. The zero-order chi connectivity index (χ0) is 21.2. The molecule has 0 unspecified atom stereocenters. The number of nitrogens with zero attached hydrogens (tertiary/aromatic N) is 1. The fourth-order valence-corrected chi connectivity index (χ4v) is 3.15. The summed E-state index contributed by atoms with van der Waals surface area (Å²) < 4.78 is 29.6. The largest absolute Gasteiger partial charge is 0.508 e. The maximum Gasteiger partial charge on any atom is 0.270 e. The van der Waals surface area contributed by atoms with E-state index in [0.717, 1.165) is 12.5 Å². The summed E-state index contributed by atoms with van der Waals surface area (Å²) in [7, 11) is 0. The molecule has 0 saturated carbocycles. The number of carbonyl (C=O) groups is 1. The van der Waals surface area contributed by atoms with E-state index in [-0.39, 0.29) is 22.7 Å². The summed E-state index contributed by atoms with van der Waals surface area (Å²) in [6.07, 6.45) is 4.87. The van der Waals surface area contributed by atoms with Crippen molar-refractivity contribution in [3.05, 3.63) is 51.5 Å². The van der Waals surface area contributed by atoms with Gasteiger partial charge in [-0.25, -0.2) is 8.78 Å². The Labute approximate surface area is 162 Å². The standard InChI is InChI=1S/C21H25F2N3O2/c1-5-7-15-17(10-13(6-2)21(4,22)23)26(19(24)18(15)20(25)28)16-11-14(27)9-8-12(16)3/h6-11,27H,5,24H2,1-4H3,(H2,25,28)/b13-6+,15-7-,17-10+. The van der Waals surface area contributed by atoms with E-state index in [1.54, 1.807) is 19.1 Å². The number of amides is 1. The first-order valence-electron chi connectivity index (χ1n) is 8.89. The highest BCUT2D eigenvalue weighted by Crippen LogP contribution is 2.25. The number of alkyl halides is 2. The molecule has 28 heavy (non-hydrogen) atoms. The number of benzene rings is 1. The zero-order valence-electron chi connectivity index (χ0n) is 16.4. The summed E-state index contributed by atoms with van der Waals surface area (Å²) in [6, 6.07) is 4.64. The minimum atomic E-state index is -3.09. The van der Waals surface area contributed by atoms with Crippen molar-refractivity contribution in [3.63, 3.8) is 0 Å². The topological polar surface area (TPSA) is 94.3 Å². The maximum atomic E-state index is 14.1. The van der Waals surface area contributed by atoms with Crippen LogP contribution in [0.25, 0.3) is 17.8 Å². The molecule has 0 fully saturated rings. The molecule has 2 aromatic rings. The second kappa shape index (κ2) is 7.88. The molecule has 150 valence electrons. The average Bonchev–Trinajstić information content (AvgIpc) is 2.85. The van der Waals surface area contributed by atoms with Crippen molar-refractivity contribution in [1.29, 1.82) is 0 Å². The Bertz CT molecular complexity index is 1060. The van der Waals surface area contributed by atoms with Gasteiger partial charge in [-0.1, -0.05) is 25.1 Å². The first-order valence-corrected chi connectivity index (χ1v) is 8.89. The summed E-state index contributed by atoms with van der Waals surface area (Å²) in [4.78, 5) is 12.1. The van der Waals surface area contributed by atoms with Gasteiger partial charge in [-0.3, -0.25) is 9.36 Å². The number of phenolic OH excluding ortho intramolecular Hbond substituents is 1. The van der Waals surface area contributed by atoms with E-state index < -0.39 is 11.8 Å². The third-order valence-electron chi connectivity index (χ3n) is 4.48. The van der Waals surface area contributed by atoms with E-state index in [4.69, 9.17) is 11.5 Å². The number of aromatic hydroxyl groups is 1. The van der Waals surface area contributed by atoms with Gasteiger partial charge in [-0.05, 0) is 38.0 Å². The number of nitrogen functional groups attached to an aromatic ring is 1. The van der Waals surface area contributed by atoms with Gasteiger partial charge >= 0.3 is 0 Å². The van der Waals surface area contributed by atoms with Gasteiger partial charge < -0.3 is 16.6 Å². The first-order chi connectivity index (χ1) is 13.0. The van der Waals surface area contributed by atoms with Gasteiger partial charge in [-0.2, -0.15) is 0 Å². The lowest BCUT2D eigenvalue weighted by Crippen LogP contribution is -2.33. The molecule has 0 aliphatic heterocycles. The number of allylic oxidation sites excluding steroid dienone is 2. The van der Waals surface area contributed by atoms with Crippen LogP contribution in [-0.2, 0) is 0 Å². The number of hydrogen-bond acceptors (Lipinski definition) is 3. The molecule has 0 aliphatic carbocycles. The Balaban J connectivity index is 3.13. The number of halogens is 2. The van der Waals surface area contributed by atoms with Crippen molar-refractivity contribution in [2.24, 2.45) is 5.73 Å². The number of primary amides is 1. The molecule has 7 heteroatoms. The summed E-state index contributed by atoms with van der Waals surface area (Å²) in [6.45, 7) is 5.95. The van der Waals surface area contributed by atoms with Crippen LogP contribution in [0, 0.1) is 6.92 Å². The fourth-order valence-electron chi connectivity index (χ4n) is 3.15. The number of hydrogen-bond donors (Lipinski definition) is 3. The molecule has 5 N–H and O–H groups in total. The van der Waals surface area contributed by atoms with Crippen LogP contribution in [0.3, 0.4) is 0 Å². The molecule has 2 rings (SSSR count). The lowest BCUT2D eigenvalue weighted by molar-refractivity contribution is 0.0693. The molecule has 0 aliphatic rings. The number of aromatic nitrogens is 1. The molecule has 1 heterocycles. The second-order valence-electron chi connectivity index (χ2n) is 6.62. The van der Waals surface area contributed by atoms with Gasteiger partial charge in [0.2, 0.25) is 0 Å². The van der Waals surface area contributed by atoms with Gasteiger partial charge in [-0.15, -0.1) is 0 Å². The number of carbonyl (C=O) groups excluding carboxylic acids is 1. The van der Waals surface area contributed by atoms with Gasteiger partial charge in [0.15, 0.2) is 0 Å². The van der Waals surface area contributed by atoms with Crippen molar-refractivity contribution in [2.75, 3.05) is 5.73 Å². The Hall–Kier alpha value is -3.09. The number of anilines is 1. The molecule has 1 aromatic heterocycles. The number of aryl methyl sites for hydroxylation is 1. The summed E-state index contributed by atoms with van der Waals surface area (Å²) in [5.41, 5.74) is 12.8. The molecule has 0 bridgehead atoms. The van der Waals surface area contributed by atoms with Crippen molar-refractivity contribution in [3.8, 4) is 11.4 Å². The van der Waals surface area contributed by atoms with Gasteiger partial charge in [0.05, 0.1) is 16.6 Å². The van der Waals surface area contributed by atoms with Crippen LogP contribution < -0.4 is 22.0 Å². The Morgan fingerprint density at radius 1 is 1.36 bits per heavy atom. The average molecular weight is 389 g/mol. The van der Waals surface area contributed by atoms with Crippen LogP contribution in [0.1, 0.15) is 43.1 Å². The molecular formula is C21H25F2N3O2. The second-order valence-corrected chi connectivity index (χ2v) is 6.62. The fraction of sp³-hybridized carbons (Fsp3) is 0.286. The van der Waals surface area contributed by atoms with Gasteiger partial charge in [0, 0.05) is 23.8 Å². The SMILES string of the molecule is C\C=C(/C=c1\c(=C\CC)c(C(N)=O)c(N)n1-c1cc(O)ccc1C)C(C)(F)F. The van der Waals surface area contributed by atoms with Crippen molar-refractivity contribution in [1.82, 2.24) is 4.57 Å². The van der Waals surface area contributed by atoms with E-state index in [0.29, 0.717) is 22.7 Å². The molecule has 0 atom stereocenters. The summed E-state index contributed by atoms with van der Waals surface area (Å²) in [5, 5.41) is 10.6. The summed E-state index contributed by atoms with van der Waals surface area (Å²) in [5.74, 6) is -3.84. The highest BCUT2D eigenvalue weighted by molar-refractivity contribution is 5.98. The molecule has 1 amide bonds. The van der Waals surface area contributed by atoms with Crippen LogP contribution in [0.15, 0.2) is 29.8 Å². The minimum Gasteiger partial charge on any atom is -0.508 e. The van der Waals surface area contributed by atoms with Crippen LogP contribution >= 0.6 is 0 Å². The van der Waals surface area contributed by atoms with Crippen molar-refractivity contribution >= 4 is 23.9 Å². The van der Waals surface area contributed by atoms with Gasteiger partial charge in [0.25, 0.3) is 11.8 Å². The van der Waals surface area contributed by atoms with E-state index >= 15 is 0 Å². The number of rotatable bonds is 5. The van der Waals surface area contributed by atoms with Crippen molar-refractivity contribution in [2.45, 2.75) is 40.0 Å². The normalized spacial score (nSPS) is 14.0. The predicted molar refractivity (Wildman–Crippen MR) is 108 cm³/mol. The van der Waals surface area contributed by atoms with Gasteiger partial charge in [0.1, 0.15) is 11.6 Å². The predicted octanol–water partition coefficient (Wildman–Crippen LogP) is 2.74. The van der Waals surface area contributed by atoms with Crippen LogP contribution in [0.4, 0.5) is 14.6 Å². The number of phenols is 1. The van der Waals surface area contributed by atoms with E-state index in [1.807, 2.05) is 6.92 Å².